The van der Waals surface area contributed by atoms with E-state index in [1.165, 1.54) is 6.92 Å². The number of unbranched alkanes of at least 4 members (excludes halogenated alkanes) is 1. The summed E-state index contributed by atoms with van der Waals surface area (Å²) in [7, 11) is 0. The first kappa shape index (κ1) is 29.7. The molecule has 0 N–H and O–H groups in total. The lowest BCUT2D eigenvalue weighted by Crippen LogP contribution is -2.05. The van der Waals surface area contributed by atoms with Gasteiger partial charge in [0, 0.05) is 24.0 Å². The molecule has 0 heterocycles. The molecule has 208 valence electrons. The number of esters is 2. The molecule has 0 aliphatic carbocycles. The molecular weight excluding hydrogens is 520 g/mol. The lowest BCUT2D eigenvalue weighted by Gasteiger charge is -2.18. The number of ether oxygens (including phenoxy) is 2. The number of benzene rings is 4. The van der Waals surface area contributed by atoms with Gasteiger partial charge in [-0.25, -0.2) is 4.79 Å². The second-order valence-corrected chi connectivity index (χ2v) is 9.44. The van der Waals surface area contributed by atoms with Crippen LogP contribution < -0.4 is 0 Å². The number of carbonyl (C=O) groups excluding carboxylic acids is 2. The van der Waals surface area contributed by atoms with Gasteiger partial charge < -0.3 is 9.47 Å². The van der Waals surface area contributed by atoms with E-state index >= 15 is 0 Å². The van der Waals surface area contributed by atoms with E-state index in [1.54, 1.807) is 0 Å². The van der Waals surface area contributed by atoms with Gasteiger partial charge in [-0.15, -0.1) is 5.92 Å². The summed E-state index contributed by atoms with van der Waals surface area (Å²) >= 11 is 0. The van der Waals surface area contributed by atoms with E-state index in [-0.39, 0.29) is 12.6 Å². The molecular formula is C38H32O4. The van der Waals surface area contributed by atoms with Gasteiger partial charge in [0.1, 0.15) is 0 Å². The van der Waals surface area contributed by atoms with Crippen LogP contribution in [0.25, 0.3) is 11.1 Å². The van der Waals surface area contributed by atoms with Gasteiger partial charge in [0.05, 0.1) is 13.2 Å². The second kappa shape index (κ2) is 15.5. The van der Waals surface area contributed by atoms with Crippen LogP contribution in [0.4, 0.5) is 0 Å². The first-order valence-corrected chi connectivity index (χ1v) is 13.9. The highest BCUT2D eigenvalue weighted by Crippen LogP contribution is 2.37. The van der Waals surface area contributed by atoms with Crippen LogP contribution in [0.5, 0.6) is 0 Å². The topological polar surface area (TPSA) is 52.6 Å². The van der Waals surface area contributed by atoms with E-state index in [1.807, 2.05) is 67.6 Å². The van der Waals surface area contributed by atoms with Crippen molar-refractivity contribution in [1.82, 2.24) is 0 Å². The maximum Gasteiger partial charge on any atom is 0.384 e. The smallest absolute Gasteiger partial charge is 0.384 e. The normalized spacial score (nSPS) is 10.7. The predicted octanol–water partition coefficient (Wildman–Crippen LogP) is 7.30. The highest BCUT2D eigenvalue weighted by molar-refractivity contribution is 6.04. The van der Waals surface area contributed by atoms with Crippen LogP contribution in [0.2, 0.25) is 0 Å². The summed E-state index contributed by atoms with van der Waals surface area (Å²) in [4.78, 5) is 22.9. The van der Waals surface area contributed by atoms with Crippen molar-refractivity contribution in [3.63, 3.8) is 0 Å². The van der Waals surface area contributed by atoms with Crippen LogP contribution in [0, 0.1) is 23.7 Å². The molecule has 0 atom stereocenters. The molecule has 4 nitrogen and oxygen atoms in total. The lowest BCUT2D eigenvalue weighted by molar-refractivity contribution is -0.142. The van der Waals surface area contributed by atoms with Crippen LogP contribution >= 0.6 is 0 Å². The average Bonchev–Trinajstić information content (AvgIpc) is 3.02. The molecule has 0 amide bonds. The molecule has 4 aromatic carbocycles. The Morgan fingerprint density at radius 2 is 1.00 bits per heavy atom. The molecule has 0 radical (unpaired) electrons. The van der Waals surface area contributed by atoms with Crippen molar-refractivity contribution < 1.29 is 19.1 Å². The molecule has 0 unspecified atom stereocenters. The third-order valence-corrected chi connectivity index (χ3v) is 6.38. The molecule has 4 rings (SSSR count). The van der Waals surface area contributed by atoms with Crippen molar-refractivity contribution in [3.05, 3.63) is 143 Å². The monoisotopic (exact) mass is 552 g/mol. The van der Waals surface area contributed by atoms with E-state index in [0.717, 1.165) is 39.0 Å². The van der Waals surface area contributed by atoms with Crippen molar-refractivity contribution in [2.75, 3.05) is 13.2 Å². The molecule has 0 aromatic heterocycles. The molecule has 0 bridgehead atoms. The SMILES string of the molecule is CC#Cc1ccc(/C(=C(\c2ccccc2)c2ccc(C#CC(=O)OCCCCOC(C)=O)cc2)c2ccccc2)cc1. The fraction of sp³-hybridized carbons (Fsp3) is 0.158. The summed E-state index contributed by atoms with van der Waals surface area (Å²) in [6.07, 6.45) is 1.23. The predicted molar refractivity (Wildman–Crippen MR) is 167 cm³/mol. The zero-order valence-corrected chi connectivity index (χ0v) is 23.9. The van der Waals surface area contributed by atoms with Gasteiger partial charge in [-0.05, 0) is 77.4 Å². The Morgan fingerprint density at radius 3 is 1.45 bits per heavy atom. The fourth-order valence-electron chi connectivity index (χ4n) is 4.45. The summed E-state index contributed by atoms with van der Waals surface area (Å²) in [6.45, 7) is 3.75. The van der Waals surface area contributed by atoms with Gasteiger partial charge in [0.15, 0.2) is 0 Å². The maximum absolute atomic E-state index is 12.1. The Labute approximate surface area is 248 Å². The standard InChI is InChI=1S/C38H32O4/c1-3-12-30-17-22-34(23-18-30)37(32-13-6-4-7-14-32)38(33-15-8-5-9-16-33)35-24-19-31(20-25-35)21-26-36(40)42-28-11-10-27-41-29(2)39/h4-9,13-20,22-25H,10-11,27-28H2,1-2H3/b38-37+. The quantitative estimate of drug-likeness (QED) is 0.0946. The second-order valence-electron chi connectivity index (χ2n) is 9.44. The van der Waals surface area contributed by atoms with Gasteiger partial charge in [0.25, 0.3) is 0 Å². The van der Waals surface area contributed by atoms with Gasteiger partial charge in [-0.3, -0.25) is 4.79 Å². The lowest BCUT2D eigenvalue weighted by atomic mass is 9.85. The molecule has 0 fully saturated rings. The third kappa shape index (κ3) is 8.59. The zero-order valence-electron chi connectivity index (χ0n) is 23.9. The zero-order chi connectivity index (χ0) is 29.6. The third-order valence-electron chi connectivity index (χ3n) is 6.38. The number of hydrogen-bond acceptors (Lipinski definition) is 4. The van der Waals surface area contributed by atoms with Crippen LogP contribution in [0.1, 0.15) is 60.1 Å². The highest BCUT2D eigenvalue weighted by atomic mass is 16.5. The summed E-state index contributed by atoms with van der Waals surface area (Å²) in [6, 6.07) is 36.9. The van der Waals surface area contributed by atoms with E-state index < -0.39 is 5.97 Å². The van der Waals surface area contributed by atoms with Crippen molar-refractivity contribution in [1.29, 1.82) is 0 Å². The largest absolute Gasteiger partial charge is 0.466 e. The van der Waals surface area contributed by atoms with Gasteiger partial charge >= 0.3 is 11.9 Å². The van der Waals surface area contributed by atoms with E-state index in [0.29, 0.717) is 25.0 Å². The van der Waals surface area contributed by atoms with Crippen molar-refractivity contribution >= 4 is 23.1 Å². The Kier molecular flexibility index (Phi) is 10.9. The van der Waals surface area contributed by atoms with E-state index in [9.17, 15) is 9.59 Å². The minimum Gasteiger partial charge on any atom is -0.466 e. The molecule has 0 aliphatic rings. The van der Waals surface area contributed by atoms with Crippen LogP contribution in [0.15, 0.2) is 109 Å². The minimum absolute atomic E-state index is 0.229. The molecule has 0 aliphatic heterocycles. The Morgan fingerprint density at radius 1 is 0.571 bits per heavy atom. The average molecular weight is 553 g/mol. The van der Waals surface area contributed by atoms with Crippen molar-refractivity contribution in [2.45, 2.75) is 26.7 Å². The van der Waals surface area contributed by atoms with Crippen molar-refractivity contribution in [3.8, 4) is 23.7 Å². The maximum atomic E-state index is 12.1. The van der Waals surface area contributed by atoms with E-state index in [4.69, 9.17) is 9.47 Å². The molecule has 0 saturated heterocycles. The number of hydrogen-bond donors (Lipinski definition) is 0. The summed E-state index contributed by atoms with van der Waals surface area (Å²) in [5.74, 6) is 10.7. The number of carbonyl (C=O) groups is 2. The van der Waals surface area contributed by atoms with Gasteiger partial charge in [0.2, 0.25) is 0 Å². The molecule has 4 aromatic rings. The molecule has 42 heavy (non-hydrogen) atoms. The molecule has 4 heteroatoms. The van der Waals surface area contributed by atoms with Crippen LogP contribution in [0.3, 0.4) is 0 Å². The van der Waals surface area contributed by atoms with Crippen LogP contribution in [-0.4, -0.2) is 25.2 Å². The first-order chi connectivity index (χ1) is 20.5. The Bertz CT molecular complexity index is 1640. The van der Waals surface area contributed by atoms with Crippen LogP contribution in [-0.2, 0) is 19.1 Å². The Balaban J connectivity index is 1.65. The molecule has 0 saturated carbocycles. The fourth-order valence-corrected chi connectivity index (χ4v) is 4.45. The Hall–Kier alpha value is -5.32. The summed E-state index contributed by atoms with van der Waals surface area (Å²) in [5, 5.41) is 0. The highest BCUT2D eigenvalue weighted by Gasteiger charge is 2.16. The minimum atomic E-state index is -0.584. The number of rotatable bonds is 9. The van der Waals surface area contributed by atoms with E-state index in [2.05, 4.69) is 72.2 Å². The van der Waals surface area contributed by atoms with Crippen molar-refractivity contribution in [2.24, 2.45) is 0 Å². The summed E-state index contributed by atoms with van der Waals surface area (Å²) in [5.41, 5.74) is 8.17. The van der Waals surface area contributed by atoms with Gasteiger partial charge in [-0.1, -0.05) is 96.8 Å². The van der Waals surface area contributed by atoms with Gasteiger partial charge in [-0.2, -0.15) is 0 Å². The molecule has 0 spiro atoms. The first-order valence-electron chi connectivity index (χ1n) is 13.9. The summed E-state index contributed by atoms with van der Waals surface area (Å²) < 4.78 is 10.0.